The zero-order chi connectivity index (χ0) is 19.0. The molecule has 2 saturated heterocycles. The number of aliphatic carboxylic acids is 1. The van der Waals surface area contributed by atoms with Crippen molar-refractivity contribution in [3.63, 3.8) is 0 Å². The fourth-order valence-electron chi connectivity index (χ4n) is 4.17. The molecule has 3 aliphatic rings. The molecule has 3 aliphatic heterocycles. The van der Waals surface area contributed by atoms with E-state index in [0.29, 0.717) is 17.8 Å². The van der Waals surface area contributed by atoms with Crippen molar-refractivity contribution in [1.82, 2.24) is 10.2 Å². The number of amides is 1. The van der Waals surface area contributed by atoms with Gasteiger partial charge in [-0.2, -0.15) is 11.8 Å². The number of nitrogens with one attached hydrogen (secondary N) is 1. The molecule has 5 N–H and O–H groups in total. The second kappa shape index (κ2) is 8.10. The second-order valence-electron chi connectivity index (χ2n) is 7.22. The van der Waals surface area contributed by atoms with Crippen LogP contribution in [0.3, 0.4) is 0 Å². The topological polar surface area (TPSA) is 116 Å². The number of carboxylic acid groups (broad SMARTS) is 1. The molecule has 3 heterocycles. The number of rotatable bonds is 8. The highest BCUT2D eigenvalue weighted by Crippen LogP contribution is 2.51. The van der Waals surface area contributed by atoms with Gasteiger partial charge in [0.2, 0.25) is 5.91 Å². The molecule has 7 nitrogen and oxygen atoms in total. The number of aliphatic hydroxyl groups excluding tert-OH is 1. The predicted octanol–water partition coefficient (Wildman–Crippen LogP) is 0.296. The van der Waals surface area contributed by atoms with Gasteiger partial charge < -0.3 is 26.2 Å². The summed E-state index contributed by atoms with van der Waals surface area (Å²) in [7, 11) is 0. The predicted molar refractivity (Wildman–Crippen MR) is 104 cm³/mol. The van der Waals surface area contributed by atoms with Crippen LogP contribution in [0, 0.1) is 11.8 Å². The Labute approximate surface area is 162 Å². The lowest BCUT2D eigenvalue weighted by Crippen LogP contribution is -2.63. The lowest BCUT2D eigenvalue weighted by molar-refractivity contribution is -0.163. The van der Waals surface area contributed by atoms with Crippen molar-refractivity contribution in [3.05, 3.63) is 10.6 Å². The van der Waals surface area contributed by atoms with Gasteiger partial charge >= 0.3 is 5.97 Å². The molecule has 0 radical (unpaired) electrons. The van der Waals surface area contributed by atoms with Crippen LogP contribution in [0.15, 0.2) is 10.6 Å². The highest BCUT2D eigenvalue weighted by molar-refractivity contribution is 8.03. The Morgan fingerprint density at radius 1 is 1.50 bits per heavy atom. The summed E-state index contributed by atoms with van der Waals surface area (Å²) in [5.74, 6) is 0.0617. The van der Waals surface area contributed by atoms with Crippen molar-refractivity contribution < 1.29 is 19.8 Å². The zero-order valence-corrected chi connectivity index (χ0v) is 16.7. The molecule has 1 amide bonds. The van der Waals surface area contributed by atoms with E-state index in [1.807, 2.05) is 18.7 Å². The Balaban J connectivity index is 1.69. The van der Waals surface area contributed by atoms with E-state index in [0.717, 1.165) is 29.4 Å². The molecule has 26 heavy (non-hydrogen) atoms. The molecular formula is C17H27N3O4S2. The Bertz CT molecular complexity index is 613. The number of thioether (sulfide) groups is 2. The van der Waals surface area contributed by atoms with Crippen LogP contribution in [-0.2, 0) is 9.59 Å². The molecule has 146 valence electrons. The van der Waals surface area contributed by atoms with E-state index in [-0.39, 0.29) is 23.6 Å². The third kappa shape index (κ3) is 3.52. The molecule has 6 atom stereocenters. The summed E-state index contributed by atoms with van der Waals surface area (Å²) in [5.41, 5.74) is 5.65. The van der Waals surface area contributed by atoms with Gasteiger partial charge in [-0.3, -0.25) is 4.79 Å². The standard InChI is InChI=1S/C17H27N3O4S2/c1-8-13-12(9(2)21)16(22)20(13)14(17(23)24)15(8)26-11-5-10(19-6-11)7-25-4-3-18/h8-13,19,21H,3-7,18H2,1-2H3,(H,23,24)/t8-,9-,10+,11+,12-,13-/m1/s1. The Morgan fingerprint density at radius 2 is 2.23 bits per heavy atom. The van der Waals surface area contributed by atoms with Gasteiger partial charge in [-0.05, 0) is 13.3 Å². The lowest BCUT2D eigenvalue weighted by atomic mass is 9.79. The average Bonchev–Trinajstić information content (AvgIpc) is 3.10. The molecule has 0 spiro atoms. The van der Waals surface area contributed by atoms with Crippen LogP contribution < -0.4 is 11.1 Å². The quantitative estimate of drug-likeness (QED) is 0.339. The van der Waals surface area contributed by atoms with Gasteiger partial charge in [0.25, 0.3) is 0 Å². The molecule has 3 rings (SSSR count). The molecule has 0 saturated carbocycles. The van der Waals surface area contributed by atoms with E-state index in [9.17, 15) is 19.8 Å². The first kappa shape index (κ1) is 20.0. The van der Waals surface area contributed by atoms with Crippen molar-refractivity contribution in [1.29, 1.82) is 0 Å². The number of carbonyl (C=O) groups excluding carboxylic acids is 1. The third-order valence-electron chi connectivity index (χ3n) is 5.37. The largest absolute Gasteiger partial charge is 0.477 e. The van der Waals surface area contributed by atoms with Crippen molar-refractivity contribution >= 4 is 35.4 Å². The Kier molecular flexibility index (Phi) is 6.23. The summed E-state index contributed by atoms with van der Waals surface area (Å²) in [6.07, 6.45) is 0.215. The SMILES string of the molecule is C[C@@H](O)[C@H]1C(=O)N2C(C(=O)O)=C(S[C@@H]3CN[C@H](CSCCN)C3)[C@H](C)[C@H]12. The lowest BCUT2D eigenvalue weighted by Gasteiger charge is -2.46. The maximum absolute atomic E-state index is 12.4. The van der Waals surface area contributed by atoms with Crippen LogP contribution in [0.4, 0.5) is 0 Å². The smallest absolute Gasteiger partial charge is 0.353 e. The first-order valence-corrected chi connectivity index (χ1v) is 11.1. The molecule has 0 aliphatic carbocycles. The molecule has 0 unspecified atom stereocenters. The number of hydrogen-bond acceptors (Lipinski definition) is 7. The normalized spacial score (nSPS) is 34.8. The van der Waals surface area contributed by atoms with E-state index >= 15 is 0 Å². The van der Waals surface area contributed by atoms with Crippen LogP contribution in [-0.4, -0.2) is 75.0 Å². The van der Waals surface area contributed by atoms with Crippen molar-refractivity contribution in [3.8, 4) is 0 Å². The van der Waals surface area contributed by atoms with E-state index < -0.39 is 18.0 Å². The van der Waals surface area contributed by atoms with Gasteiger partial charge in [0.15, 0.2) is 0 Å². The molecule has 0 aromatic carbocycles. The van der Waals surface area contributed by atoms with Gasteiger partial charge in [0.1, 0.15) is 5.70 Å². The maximum atomic E-state index is 12.4. The Morgan fingerprint density at radius 3 is 2.85 bits per heavy atom. The van der Waals surface area contributed by atoms with Crippen molar-refractivity contribution in [2.24, 2.45) is 17.6 Å². The molecule has 0 aromatic heterocycles. The van der Waals surface area contributed by atoms with Crippen molar-refractivity contribution in [2.75, 3.05) is 24.6 Å². The minimum absolute atomic E-state index is 0.0611. The fraction of sp³-hybridized carbons (Fsp3) is 0.765. The minimum Gasteiger partial charge on any atom is -0.477 e. The molecule has 0 aromatic rings. The average molecular weight is 402 g/mol. The number of hydrogen-bond donors (Lipinski definition) is 4. The number of carboxylic acids is 1. The highest BCUT2D eigenvalue weighted by atomic mass is 32.2. The maximum Gasteiger partial charge on any atom is 0.353 e. The number of carbonyl (C=O) groups is 2. The van der Waals surface area contributed by atoms with E-state index in [1.165, 1.54) is 4.90 Å². The second-order valence-corrected chi connectivity index (χ2v) is 9.71. The van der Waals surface area contributed by atoms with Gasteiger partial charge in [0.05, 0.1) is 18.1 Å². The van der Waals surface area contributed by atoms with Crippen molar-refractivity contribution in [2.45, 2.75) is 43.7 Å². The summed E-state index contributed by atoms with van der Waals surface area (Å²) in [6, 6.07) is 0.180. The van der Waals surface area contributed by atoms with Crippen LogP contribution in [0.1, 0.15) is 20.3 Å². The molecular weight excluding hydrogens is 374 g/mol. The number of β-lactam (4-membered cyclic amide) rings is 1. The third-order valence-corrected chi connectivity index (χ3v) is 8.04. The highest BCUT2D eigenvalue weighted by Gasteiger charge is 2.60. The van der Waals surface area contributed by atoms with Gasteiger partial charge in [0, 0.05) is 46.7 Å². The van der Waals surface area contributed by atoms with Crippen LogP contribution in [0.2, 0.25) is 0 Å². The monoisotopic (exact) mass is 401 g/mol. The van der Waals surface area contributed by atoms with Gasteiger partial charge in [-0.1, -0.05) is 6.92 Å². The number of nitrogens with zero attached hydrogens (tertiary/aromatic N) is 1. The van der Waals surface area contributed by atoms with Crippen LogP contribution in [0.5, 0.6) is 0 Å². The van der Waals surface area contributed by atoms with E-state index in [4.69, 9.17) is 5.73 Å². The molecule has 0 bridgehead atoms. The minimum atomic E-state index is -1.06. The van der Waals surface area contributed by atoms with Crippen LogP contribution >= 0.6 is 23.5 Å². The number of fused-ring (bicyclic) bond motifs is 1. The summed E-state index contributed by atoms with van der Waals surface area (Å²) < 4.78 is 0. The molecule has 2 fully saturated rings. The van der Waals surface area contributed by atoms with Gasteiger partial charge in [-0.15, -0.1) is 11.8 Å². The first-order chi connectivity index (χ1) is 12.4. The number of nitrogens with two attached hydrogens (primary N) is 1. The summed E-state index contributed by atoms with van der Waals surface area (Å²) >= 11 is 3.42. The zero-order valence-electron chi connectivity index (χ0n) is 15.1. The summed E-state index contributed by atoms with van der Waals surface area (Å²) in [6.45, 7) is 5.08. The van der Waals surface area contributed by atoms with Crippen LogP contribution in [0.25, 0.3) is 0 Å². The number of aliphatic hydroxyl groups is 1. The van der Waals surface area contributed by atoms with Gasteiger partial charge in [-0.25, -0.2) is 4.79 Å². The fourth-order valence-corrected chi connectivity index (χ4v) is 6.56. The Hall–Kier alpha value is -0.740. The van der Waals surface area contributed by atoms with E-state index in [2.05, 4.69) is 5.32 Å². The first-order valence-electron chi connectivity index (χ1n) is 9.03. The molecule has 9 heteroatoms. The summed E-state index contributed by atoms with van der Waals surface area (Å²) in [5, 5.41) is 23.4. The summed E-state index contributed by atoms with van der Waals surface area (Å²) in [4.78, 5) is 26.4. The van der Waals surface area contributed by atoms with E-state index in [1.54, 1.807) is 18.7 Å².